The number of anilines is 1. The molecule has 2 aliphatic rings. The second kappa shape index (κ2) is 12.3. The maximum absolute atomic E-state index is 13.5. The van der Waals surface area contributed by atoms with Gasteiger partial charge >= 0.3 is 0 Å². The molecule has 13 heteroatoms. The maximum atomic E-state index is 13.5. The van der Waals surface area contributed by atoms with Gasteiger partial charge in [0.25, 0.3) is 21.9 Å². The highest BCUT2D eigenvalue weighted by atomic mass is 35.5. The van der Waals surface area contributed by atoms with Gasteiger partial charge in [0, 0.05) is 23.1 Å². The average molecular weight is 578 g/mol. The normalized spacial score (nSPS) is 26.6. The molecule has 0 saturated heterocycles. The molecule has 37 heavy (non-hydrogen) atoms. The number of nitrogens with two attached hydrogens (primary N) is 2. The van der Waals surface area contributed by atoms with Crippen LogP contribution in [0.1, 0.15) is 32.1 Å². The van der Waals surface area contributed by atoms with Crippen molar-refractivity contribution in [3.63, 3.8) is 0 Å². The minimum absolute atomic E-state index is 0.0650. The zero-order chi connectivity index (χ0) is 27.4. The fraction of sp³-hybridized carbons (Fsp3) is 0.583. The Hall–Kier alpha value is -1.86. The molecular weight excluding hydrogens is 543 g/mol. The van der Waals surface area contributed by atoms with Gasteiger partial charge in [0.15, 0.2) is 0 Å². The molecule has 0 aromatic heterocycles. The van der Waals surface area contributed by atoms with E-state index >= 15 is 0 Å². The number of amidine groups is 1. The van der Waals surface area contributed by atoms with Crippen LogP contribution in [0.15, 0.2) is 29.5 Å². The molecule has 3 rings (SSSR count). The minimum Gasteiger partial charge on any atom is -0.401 e. The molecule has 0 bridgehead atoms. The lowest BCUT2D eigenvalue weighted by molar-refractivity contribution is -0.420. The van der Waals surface area contributed by atoms with Gasteiger partial charge in [-0.1, -0.05) is 11.6 Å². The fourth-order valence-corrected chi connectivity index (χ4v) is 6.97. The van der Waals surface area contributed by atoms with Gasteiger partial charge in [-0.2, -0.15) is 20.2 Å². The molecule has 2 aliphatic carbocycles. The molecule has 2 fully saturated rings. The van der Waals surface area contributed by atoms with Crippen LogP contribution in [0, 0.1) is 23.6 Å². The number of hydrogen-bond acceptors (Lipinski definition) is 7. The predicted octanol–water partition coefficient (Wildman–Crippen LogP) is 0.965. The van der Waals surface area contributed by atoms with Crippen molar-refractivity contribution in [2.75, 3.05) is 36.7 Å². The zero-order valence-corrected chi connectivity index (χ0v) is 23.3. The number of aliphatic hydroxyl groups is 1. The molecular formula is C24H35ClFN4O5S2+. The number of carbonyl (C=O) groups is 1. The van der Waals surface area contributed by atoms with Crippen LogP contribution >= 0.6 is 23.4 Å². The van der Waals surface area contributed by atoms with Crippen molar-refractivity contribution in [2.24, 2.45) is 29.2 Å². The van der Waals surface area contributed by atoms with E-state index in [4.69, 9.17) is 27.3 Å². The van der Waals surface area contributed by atoms with Crippen molar-refractivity contribution in [1.82, 2.24) is 0 Å². The van der Waals surface area contributed by atoms with Gasteiger partial charge < -0.3 is 16.2 Å². The monoisotopic (exact) mass is 577 g/mol. The Morgan fingerprint density at radius 3 is 2.54 bits per heavy atom. The maximum Gasteiger partial charge on any atom is 0.280 e. The van der Waals surface area contributed by atoms with Gasteiger partial charge in [-0.3, -0.25) is 19.7 Å². The van der Waals surface area contributed by atoms with E-state index in [1.807, 2.05) is 0 Å². The van der Waals surface area contributed by atoms with E-state index in [1.54, 1.807) is 18.8 Å². The molecule has 1 aromatic rings. The largest absolute Gasteiger partial charge is 0.401 e. The number of allylic oxidation sites excluding steroid dienone is 1. The molecule has 1 amide bonds. The van der Waals surface area contributed by atoms with Crippen LogP contribution in [0.4, 0.5) is 10.1 Å². The number of carbonyl (C=O) groups excluding carboxylic acids is 1. The molecule has 9 nitrogen and oxygen atoms in total. The van der Waals surface area contributed by atoms with Crippen molar-refractivity contribution in [3.05, 3.63) is 40.3 Å². The molecule has 1 aromatic carbocycles. The SMILES string of the molecule is C[NH+]=C(N)/C(C(=O)Nc1ccc(F)c(Cl)c1)=C(\N)C1CC2CC(O)(CSCCCOS(C)(=O)=O)CC2C1. The van der Waals surface area contributed by atoms with Crippen LogP contribution in [-0.2, 0) is 19.1 Å². The Balaban J connectivity index is 1.59. The fourth-order valence-electron chi connectivity index (χ4n) is 5.28. The molecule has 2 unspecified atom stereocenters. The molecule has 2 saturated carbocycles. The van der Waals surface area contributed by atoms with Crippen molar-refractivity contribution in [2.45, 2.75) is 37.7 Å². The summed E-state index contributed by atoms with van der Waals surface area (Å²) in [6, 6.07) is 3.88. The minimum atomic E-state index is -3.43. The lowest BCUT2D eigenvalue weighted by Gasteiger charge is -2.25. The topological polar surface area (TPSA) is 159 Å². The van der Waals surface area contributed by atoms with Crippen molar-refractivity contribution in [3.8, 4) is 0 Å². The van der Waals surface area contributed by atoms with Gasteiger partial charge in [-0.25, -0.2) is 4.39 Å². The van der Waals surface area contributed by atoms with Crippen LogP contribution in [-0.4, -0.2) is 62.3 Å². The van der Waals surface area contributed by atoms with Gasteiger partial charge in [-0.05, 0) is 67.9 Å². The number of halogens is 2. The molecule has 2 atom stereocenters. The molecule has 0 spiro atoms. The summed E-state index contributed by atoms with van der Waals surface area (Å²) in [4.78, 5) is 15.9. The summed E-state index contributed by atoms with van der Waals surface area (Å²) >= 11 is 7.42. The highest BCUT2D eigenvalue weighted by Crippen LogP contribution is 2.53. The summed E-state index contributed by atoms with van der Waals surface area (Å²) in [6.45, 7) is 0.139. The molecule has 206 valence electrons. The van der Waals surface area contributed by atoms with Gasteiger partial charge in [0.2, 0.25) is 0 Å². The Kier molecular flexibility index (Phi) is 9.90. The summed E-state index contributed by atoms with van der Waals surface area (Å²) in [7, 11) is -1.83. The van der Waals surface area contributed by atoms with Crippen LogP contribution in [0.25, 0.3) is 0 Å². The molecule has 7 N–H and O–H groups in total. The van der Waals surface area contributed by atoms with Crippen LogP contribution < -0.4 is 21.8 Å². The smallest absolute Gasteiger partial charge is 0.280 e. The zero-order valence-electron chi connectivity index (χ0n) is 20.9. The van der Waals surface area contributed by atoms with E-state index in [1.165, 1.54) is 12.1 Å². The number of nitrogens with one attached hydrogen (secondary N) is 2. The first-order valence-corrected chi connectivity index (χ1v) is 15.4. The van der Waals surface area contributed by atoms with Crippen molar-refractivity contribution < 1.29 is 31.9 Å². The van der Waals surface area contributed by atoms with Crippen LogP contribution in [0.2, 0.25) is 5.02 Å². The summed E-state index contributed by atoms with van der Waals surface area (Å²) in [5.74, 6) is 0.784. The van der Waals surface area contributed by atoms with E-state index in [2.05, 4.69) is 10.3 Å². The van der Waals surface area contributed by atoms with E-state index in [-0.39, 0.29) is 40.8 Å². The molecule has 0 radical (unpaired) electrons. The second-order valence-electron chi connectivity index (χ2n) is 9.83. The van der Waals surface area contributed by atoms with E-state index in [0.717, 1.165) is 25.2 Å². The van der Waals surface area contributed by atoms with E-state index < -0.39 is 27.4 Å². The number of fused-ring (bicyclic) bond motifs is 1. The first-order valence-electron chi connectivity index (χ1n) is 12.0. The Morgan fingerprint density at radius 2 is 1.97 bits per heavy atom. The Labute approximate surface area is 226 Å². The number of amides is 1. The first kappa shape index (κ1) is 29.7. The molecule has 0 heterocycles. The highest BCUT2D eigenvalue weighted by Gasteiger charge is 2.49. The summed E-state index contributed by atoms with van der Waals surface area (Å²) in [5.41, 5.74) is 12.7. The Bertz CT molecular complexity index is 1160. The van der Waals surface area contributed by atoms with Crippen molar-refractivity contribution in [1.29, 1.82) is 0 Å². The summed E-state index contributed by atoms with van der Waals surface area (Å²) in [5, 5.41) is 13.7. The number of thioether (sulfide) groups is 1. The van der Waals surface area contributed by atoms with Gasteiger partial charge in [-0.15, -0.1) is 0 Å². The van der Waals surface area contributed by atoms with Crippen LogP contribution in [0.5, 0.6) is 0 Å². The predicted molar refractivity (Wildman–Crippen MR) is 144 cm³/mol. The first-order chi connectivity index (χ1) is 17.3. The standard InChI is InChI=1S/C24H34ClFN4O5S2/c1-29-22(28)20(23(31)30-17-4-5-19(26)18(25)10-17)21(27)14-8-15-11-24(32,12-16(15)9-14)13-36-7-3-6-35-37(2,33)34/h4-5,10,14-16,32H,3,6-9,11-13,27H2,1-2H3,(H2,28,29)(H,30,31)/p+1/b21-20+. The summed E-state index contributed by atoms with van der Waals surface area (Å²) < 4.78 is 40.3. The Morgan fingerprint density at radius 1 is 1.32 bits per heavy atom. The third kappa shape index (κ3) is 8.06. The number of benzene rings is 1. The third-order valence-electron chi connectivity index (χ3n) is 6.90. The van der Waals surface area contributed by atoms with E-state index in [0.29, 0.717) is 42.2 Å². The molecule has 0 aliphatic heterocycles. The lowest BCUT2D eigenvalue weighted by Crippen LogP contribution is -2.72. The average Bonchev–Trinajstić information content (AvgIpc) is 3.33. The quantitative estimate of drug-likeness (QED) is 0.0855. The van der Waals surface area contributed by atoms with Crippen LogP contribution in [0.3, 0.4) is 0 Å². The summed E-state index contributed by atoms with van der Waals surface area (Å²) in [6.07, 6.45) is 4.38. The highest BCUT2D eigenvalue weighted by molar-refractivity contribution is 7.99. The van der Waals surface area contributed by atoms with Gasteiger partial charge in [0.05, 0.1) is 30.5 Å². The van der Waals surface area contributed by atoms with Crippen molar-refractivity contribution >= 4 is 50.9 Å². The number of hydrogen-bond donors (Lipinski definition) is 5. The van der Waals surface area contributed by atoms with E-state index in [9.17, 15) is 22.7 Å². The second-order valence-corrected chi connectivity index (χ2v) is 13.0. The lowest BCUT2D eigenvalue weighted by atomic mass is 9.92. The third-order valence-corrected chi connectivity index (χ3v) is 9.10. The van der Waals surface area contributed by atoms with Gasteiger partial charge in [0.1, 0.15) is 11.4 Å². The number of rotatable bonds is 11.